The minimum absolute atomic E-state index is 0.116. The van der Waals surface area contributed by atoms with Crippen molar-refractivity contribution in [3.8, 4) is 0 Å². The number of hydrogen-bond donors (Lipinski definition) is 4. The molecular weight excluding hydrogens is 389 g/mol. The van der Waals surface area contributed by atoms with Crippen LogP contribution in [-0.4, -0.2) is 49.4 Å². The van der Waals surface area contributed by atoms with E-state index in [2.05, 4.69) is 15.2 Å². The summed E-state index contributed by atoms with van der Waals surface area (Å²) in [6.45, 7) is 0. The van der Waals surface area contributed by atoms with Gasteiger partial charge in [0.25, 0.3) is 0 Å². The van der Waals surface area contributed by atoms with Gasteiger partial charge in [0.2, 0.25) is 0 Å². The van der Waals surface area contributed by atoms with E-state index in [1.54, 1.807) is 17.1 Å². The Labute approximate surface area is 164 Å². The molecule has 0 radical (unpaired) electrons. The highest BCUT2D eigenvalue weighted by Crippen LogP contribution is 2.43. The number of hydrogen-bond acceptors (Lipinski definition) is 6. The molecular formula is C18H19ClFN5O3. The largest absolute Gasteiger partial charge is 0.390 e. The summed E-state index contributed by atoms with van der Waals surface area (Å²) in [5.74, 6) is 4.43. The number of amidine groups is 1. The zero-order valence-electron chi connectivity index (χ0n) is 14.7. The molecule has 1 aromatic carbocycles. The van der Waals surface area contributed by atoms with Gasteiger partial charge in [-0.05, 0) is 24.1 Å². The maximum Gasteiger partial charge on any atom is 0.181 e. The zero-order valence-corrected chi connectivity index (χ0v) is 15.4. The average molecular weight is 408 g/mol. The van der Waals surface area contributed by atoms with Crippen LogP contribution in [0, 0.1) is 11.7 Å². The highest BCUT2D eigenvalue weighted by Gasteiger charge is 2.47. The third-order valence-corrected chi connectivity index (χ3v) is 5.75. The molecule has 2 aliphatic rings. The van der Waals surface area contributed by atoms with Crippen molar-refractivity contribution >= 4 is 23.7 Å². The molecule has 0 bridgehead atoms. The van der Waals surface area contributed by atoms with Crippen molar-refractivity contribution in [2.75, 3.05) is 0 Å². The number of aromatic nitrogens is 2. The van der Waals surface area contributed by atoms with Gasteiger partial charge < -0.3 is 21.2 Å². The van der Waals surface area contributed by atoms with Gasteiger partial charge in [0, 0.05) is 18.6 Å². The van der Waals surface area contributed by atoms with Gasteiger partial charge >= 0.3 is 0 Å². The van der Waals surface area contributed by atoms with Crippen molar-refractivity contribution < 1.29 is 19.7 Å². The summed E-state index contributed by atoms with van der Waals surface area (Å²) in [5, 5.41) is 39.7. The van der Waals surface area contributed by atoms with Crippen molar-refractivity contribution in [1.82, 2.24) is 9.78 Å². The van der Waals surface area contributed by atoms with E-state index in [1.807, 2.05) is 0 Å². The summed E-state index contributed by atoms with van der Waals surface area (Å²) in [6, 6.07) is 3.34. The Kier molecular flexibility index (Phi) is 4.92. The third-order valence-electron chi connectivity index (χ3n) is 5.46. The van der Waals surface area contributed by atoms with Crippen LogP contribution in [0.1, 0.15) is 35.4 Å². The number of halogens is 2. The number of rotatable bonds is 3. The molecule has 1 aromatic heterocycles. The summed E-state index contributed by atoms with van der Waals surface area (Å²) in [4.78, 5) is 4.11. The van der Waals surface area contributed by atoms with Crippen LogP contribution in [-0.2, 0) is 6.42 Å². The van der Waals surface area contributed by atoms with E-state index in [0.717, 1.165) is 11.8 Å². The molecule has 0 unspecified atom stereocenters. The third kappa shape index (κ3) is 3.00. The number of benzene rings is 1. The monoisotopic (exact) mass is 407 g/mol. The number of nitrogens with zero attached hydrogens (tertiary/aromatic N) is 4. The summed E-state index contributed by atoms with van der Waals surface area (Å²) in [6.07, 6.45) is 0.506. The van der Waals surface area contributed by atoms with Crippen LogP contribution in [0.5, 0.6) is 0 Å². The van der Waals surface area contributed by atoms with Gasteiger partial charge in [0.15, 0.2) is 5.84 Å². The van der Waals surface area contributed by atoms with Gasteiger partial charge in [0.05, 0.1) is 40.7 Å². The molecule has 4 rings (SSSR count). The first-order valence-electron chi connectivity index (χ1n) is 8.78. The number of aliphatic hydroxyl groups is 3. The second kappa shape index (κ2) is 7.25. The number of fused-ring (bicyclic) bond motifs is 1. The second-order valence-electron chi connectivity index (χ2n) is 6.98. The van der Waals surface area contributed by atoms with E-state index in [9.17, 15) is 19.7 Å². The summed E-state index contributed by atoms with van der Waals surface area (Å²) < 4.78 is 15.0. The van der Waals surface area contributed by atoms with E-state index in [0.29, 0.717) is 23.4 Å². The Hall–Kier alpha value is -2.33. The van der Waals surface area contributed by atoms with Crippen LogP contribution < -0.4 is 5.84 Å². The minimum atomic E-state index is -1.19. The Morgan fingerprint density at radius 1 is 1.32 bits per heavy atom. The molecule has 1 saturated carbocycles. The van der Waals surface area contributed by atoms with Crippen molar-refractivity contribution in [1.29, 1.82) is 0 Å². The fraction of sp³-hybridized carbons (Fsp3) is 0.389. The van der Waals surface area contributed by atoms with E-state index in [-0.39, 0.29) is 11.4 Å². The molecule has 2 aromatic rings. The normalized spacial score (nSPS) is 29.2. The first-order chi connectivity index (χ1) is 13.4. The fourth-order valence-corrected chi connectivity index (χ4v) is 4.19. The van der Waals surface area contributed by atoms with E-state index < -0.39 is 36.1 Å². The van der Waals surface area contributed by atoms with Crippen LogP contribution in [0.3, 0.4) is 0 Å². The van der Waals surface area contributed by atoms with Crippen LogP contribution >= 0.6 is 11.6 Å². The molecule has 28 heavy (non-hydrogen) atoms. The molecule has 5 atom stereocenters. The lowest BCUT2D eigenvalue weighted by atomic mass is 9.92. The quantitative estimate of drug-likeness (QED) is 0.444. The molecule has 1 aliphatic carbocycles. The van der Waals surface area contributed by atoms with Gasteiger partial charge in [-0.25, -0.2) is 9.38 Å². The summed E-state index contributed by atoms with van der Waals surface area (Å²) in [5.41, 5.74) is 1.81. The van der Waals surface area contributed by atoms with Crippen molar-refractivity contribution in [3.63, 3.8) is 0 Å². The van der Waals surface area contributed by atoms with Gasteiger partial charge in [-0.2, -0.15) is 10.2 Å². The fourth-order valence-electron chi connectivity index (χ4n) is 4.00. The van der Waals surface area contributed by atoms with Gasteiger partial charge in [-0.3, -0.25) is 4.68 Å². The van der Waals surface area contributed by atoms with Crippen LogP contribution in [0.15, 0.2) is 34.5 Å². The van der Waals surface area contributed by atoms with Crippen molar-refractivity contribution in [2.24, 2.45) is 21.9 Å². The molecule has 1 fully saturated rings. The maximum absolute atomic E-state index is 13.4. The molecule has 5 N–H and O–H groups in total. The van der Waals surface area contributed by atoms with Crippen molar-refractivity contribution in [2.45, 2.75) is 37.2 Å². The molecule has 0 spiro atoms. The molecule has 148 valence electrons. The second-order valence-corrected chi connectivity index (χ2v) is 7.39. The molecule has 1 aliphatic heterocycles. The topological polar surface area (TPSA) is 129 Å². The lowest BCUT2D eigenvalue weighted by molar-refractivity contribution is -0.0275. The highest BCUT2D eigenvalue weighted by molar-refractivity contribution is 6.30. The summed E-state index contributed by atoms with van der Waals surface area (Å²) in [7, 11) is 0. The highest BCUT2D eigenvalue weighted by atomic mass is 35.5. The predicted octanol–water partition coefficient (Wildman–Crippen LogP) is 0.939. The average Bonchev–Trinajstić information content (AvgIpc) is 3.25. The summed E-state index contributed by atoms with van der Waals surface area (Å²) >= 11 is 5.80. The number of nitrogens with two attached hydrogens (primary N) is 1. The maximum atomic E-state index is 13.4. The Morgan fingerprint density at radius 2 is 2.11 bits per heavy atom. The SMILES string of the molecule is N/N=C1/N=CCc2c1cnn2[C@@H]1C[C@H]([C@H](O)c2ccc(F)c(Cl)c2)[C@@H](O)[C@H]1O. The number of aliphatic hydroxyl groups excluding tert-OH is 3. The van der Waals surface area contributed by atoms with E-state index in [4.69, 9.17) is 17.4 Å². The van der Waals surface area contributed by atoms with Crippen LogP contribution in [0.2, 0.25) is 5.02 Å². The van der Waals surface area contributed by atoms with Crippen LogP contribution in [0.25, 0.3) is 0 Å². The number of hydrazone groups is 1. The minimum Gasteiger partial charge on any atom is -0.390 e. The molecule has 0 amide bonds. The lowest BCUT2D eigenvalue weighted by Crippen LogP contribution is -2.32. The smallest absolute Gasteiger partial charge is 0.181 e. The van der Waals surface area contributed by atoms with E-state index in [1.165, 1.54) is 12.1 Å². The zero-order chi connectivity index (χ0) is 20.0. The van der Waals surface area contributed by atoms with E-state index >= 15 is 0 Å². The first kappa shape index (κ1) is 19.0. The Bertz CT molecular complexity index is 963. The molecule has 0 saturated heterocycles. The van der Waals surface area contributed by atoms with Gasteiger partial charge in [-0.15, -0.1) is 0 Å². The first-order valence-corrected chi connectivity index (χ1v) is 9.16. The molecule has 2 heterocycles. The van der Waals surface area contributed by atoms with Gasteiger partial charge in [0.1, 0.15) is 11.9 Å². The predicted molar refractivity (Wildman–Crippen MR) is 101 cm³/mol. The van der Waals surface area contributed by atoms with Gasteiger partial charge in [-0.1, -0.05) is 17.7 Å². The lowest BCUT2D eigenvalue weighted by Gasteiger charge is -2.22. The Morgan fingerprint density at radius 3 is 2.82 bits per heavy atom. The van der Waals surface area contributed by atoms with Crippen molar-refractivity contribution in [3.05, 3.63) is 52.1 Å². The number of aliphatic imine (C=N–C) groups is 1. The molecule has 8 nitrogen and oxygen atoms in total. The standard InChI is InChI=1S/C18H19ClFN5O3/c19-11-5-8(1-2-12(11)20)15(26)9-6-14(17(28)16(9)27)25-13-3-4-22-18(24-21)10(13)7-23-25/h1-2,4-5,7,9,14-17,26-28H,3,6,21H2/b24-18+/t9-,14-,15-,16-,17+/m1/s1. The molecule has 10 heteroatoms. The van der Waals surface area contributed by atoms with Crippen LogP contribution in [0.4, 0.5) is 4.39 Å². The Balaban J connectivity index is 1.62.